The van der Waals surface area contributed by atoms with E-state index in [0.29, 0.717) is 12.0 Å². The van der Waals surface area contributed by atoms with E-state index in [-0.39, 0.29) is 6.09 Å². The van der Waals surface area contributed by atoms with Crippen molar-refractivity contribution < 1.29 is 9.53 Å². The number of ether oxygens (including phenoxy) is 1. The minimum absolute atomic E-state index is 0.281. The van der Waals surface area contributed by atoms with Crippen LogP contribution < -0.4 is 5.32 Å². The van der Waals surface area contributed by atoms with Crippen molar-refractivity contribution in [2.45, 2.75) is 58.6 Å². The lowest BCUT2D eigenvalue weighted by atomic mass is 10.1. The summed E-state index contributed by atoms with van der Waals surface area (Å²) in [4.78, 5) is 11.4. The summed E-state index contributed by atoms with van der Waals surface area (Å²) in [7, 11) is 0. The second-order valence-corrected chi connectivity index (χ2v) is 5.16. The van der Waals surface area contributed by atoms with Crippen LogP contribution in [0.2, 0.25) is 0 Å². The standard InChI is InChI=1S/C11H21NO2/c1-8-6-5-7-9(8)12-10(13)14-11(2,3)4/h8-9H,5-7H2,1-4H3,(H,12,13). The van der Waals surface area contributed by atoms with Crippen molar-refractivity contribution in [1.29, 1.82) is 0 Å². The SMILES string of the molecule is CC1CCCC1NC(=O)OC(C)(C)C. The Balaban J connectivity index is 2.33. The zero-order valence-electron chi connectivity index (χ0n) is 9.59. The lowest BCUT2D eigenvalue weighted by molar-refractivity contribution is 0.0495. The summed E-state index contributed by atoms with van der Waals surface area (Å²) >= 11 is 0. The lowest BCUT2D eigenvalue weighted by Gasteiger charge is -2.23. The van der Waals surface area contributed by atoms with Gasteiger partial charge in [0, 0.05) is 6.04 Å². The molecule has 3 nitrogen and oxygen atoms in total. The molecule has 0 aromatic rings. The van der Waals surface area contributed by atoms with Crippen LogP contribution in [-0.2, 0) is 4.74 Å². The van der Waals surface area contributed by atoms with Crippen LogP contribution in [-0.4, -0.2) is 17.7 Å². The summed E-state index contributed by atoms with van der Waals surface area (Å²) in [6, 6.07) is 0.310. The van der Waals surface area contributed by atoms with E-state index in [0.717, 1.165) is 6.42 Å². The Kier molecular flexibility index (Phi) is 3.40. The maximum atomic E-state index is 11.4. The van der Waals surface area contributed by atoms with Crippen molar-refractivity contribution in [1.82, 2.24) is 5.32 Å². The predicted molar refractivity (Wildman–Crippen MR) is 56.2 cm³/mol. The number of hydrogen-bond donors (Lipinski definition) is 1. The molecule has 1 fully saturated rings. The summed E-state index contributed by atoms with van der Waals surface area (Å²) in [5, 5.41) is 2.92. The van der Waals surface area contributed by atoms with Crippen LogP contribution in [0.15, 0.2) is 0 Å². The Hall–Kier alpha value is -0.730. The summed E-state index contributed by atoms with van der Waals surface area (Å²) < 4.78 is 5.20. The molecule has 0 spiro atoms. The summed E-state index contributed by atoms with van der Waals surface area (Å²) in [5.41, 5.74) is -0.397. The summed E-state index contributed by atoms with van der Waals surface area (Å²) in [6.45, 7) is 7.81. The van der Waals surface area contributed by atoms with Crippen LogP contribution in [0.4, 0.5) is 4.79 Å². The van der Waals surface area contributed by atoms with Gasteiger partial charge in [0.15, 0.2) is 0 Å². The van der Waals surface area contributed by atoms with Gasteiger partial charge in [-0.3, -0.25) is 0 Å². The van der Waals surface area contributed by atoms with Gasteiger partial charge in [0.25, 0.3) is 0 Å². The maximum Gasteiger partial charge on any atom is 0.407 e. The van der Waals surface area contributed by atoms with Gasteiger partial charge in [-0.2, -0.15) is 0 Å². The van der Waals surface area contributed by atoms with Gasteiger partial charge in [-0.1, -0.05) is 13.3 Å². The van der Waals surface area contributed by atoms with Gasteiger partial charge in [0.1, 0.15) is 5.60 Å². The lowest BCUT2D eigenvalue weighted by Crippen LogP contribution is -2.40. The Labute approximate surface area is 86.2 Å². The first kappa shape index (κ1) is 11.3. The summed E-state index contributed by atoms with van der Waals surface area (Å²) in [5.74, 6) is 0.586. The highest BCUT2D eigenvalue weighted by Crippen LogP contribution is 2.25. The predicted octanol–water partition coefficient (Wildman–Crippen LogP) is 2.70. The van der Waals surface area contributed by atoms with Crippen LogP contribution >= 0.6 is 0 Å². The summed E-state index contributed by atoms with van der Waals surface area (Å²) in [6.07, 6.45) is 3.22. The number of carbonyl (C=O) groups is 1. The number of hydrogen-bond acceptors (Lipinski definition) is 2. The second kappa shape index (κ2) is 4.20. The number of nitrogens with one attached hydrogen (secondary N) is 1. The molecular formula is C11H21NO2. The van der Waals surface area contributed by atoms with Crippen molar-refractivity contribution in [2.75, 3.05) is 0 Å². The molecule has 3 heteroatoms. The smallest absolute Gasteiger partial charge is 0.407 e. The van der Waals surface area contributed by atoms with Crippen molar-refractivity contribution >= 4 is 6.09 Å². The fraction of sp³-hybridized carbons (Fsp3) is 0.909. The van der Waals surface area contributed by atoms with Crippen molar-refractivity contribution in [3.8, 4) is 0 Å². The highest BCUT2D eigenvalue weighted by Gasteiger charge is 2.26. The van der Waals surface area contributed by atoms with Gasteiger partial charge >= 0.3 is 6.09 Å². The second-order valence-electron chi connectivity index (χ2n) is 5.16. The minimum atomic E-state index is -0.397. The van der Waals surface area contributed by atoms with Gasteiger partial charge in [0.05, 0.1) is 0 Å². The fourth-order valence-electron chi connectivity index (χ4n) is 1.82. The zero-order valence-corrected chi connectivity index (χ0v) is 9.59. The quantitative estimate of drug-likeness (QED) is 0.705. The molecule has 82 valence electrons. The average molecular weight is 199 g/mol. The molecule has 1 aliphatic carbocycles. The van der Waals surface area contributed by atoms with Gasteiger partial charge in [0.2, 0.25) is 0 Å². The highest BCUT2D eigenvalue weighted by molar-refractivity contribution is 5.68. The molecule has 0 radical (unpaired) electrons. The Morgan fingerprint density at radius 1 is 1.36 bits per heavy atom. The third kappa shape index (κ3) is 3.56. The molecular weight excluding hydrogens is 178 g/mol. The van der Waals surface area contributed by atoms with Gasteiger partial charge in [-0.05, 0) is 39.5 Å². The molecule has 0 heterocycles. The Morgan fingerprint density at radius 3 is 2.43 bits per heavy atom. The van der Waals surface area contributed by atoms with Gasteiger partial charge in [-0.25, -0.2) is 4.79 Å². The van der Waals surface area contributed by atoms with E-state index >= 15 is 0 Å². The first-order valence-electron chi connectivity index (χ1n) is 5.38. The number of alkyl carbamates (subject to hydrolysis) is 1. The van der Waals surface area contributed by atoms with Crippen LogP contribution in [0.5, 0.6) is 0 Å². The van der Waals surface area contributed by atoms with E-state index < -0.39 is 5.60 Å². The molecule has 14 heavy (non-hydrogen) atoms. The molecule has 1 amide bonds. The Bertz CT molecular complexity index is 208. The van der Waals surface area contributed by atoms with E-state index in [2.05, 4.69) is 12.2 Å². The van der Waals surface area contributed by atoms with E-state index in [1.807, 2.05) is 20.8 Å². The fourth-order valence-corrected chi connectivity index (χ4v) is 1.82. The van der Waals surface area contributed by atoms with Crippen LogP contribution in [0, 0.1) is 5.92 Å². The molecule has 0 aromatic carbocycles. The van der Waals surface area contributed by atoms with Gasteiger partial charge in [-0.15, -0.1) is 0 Å². The van der Waals surface area contributed by atoms with E-state index in [1.54, 1.807) is 0 Å². The molecule has 0 saturated heterocycles. The van der Waals surface area contributed by atoms with E-state index in [4.69, 9.17) is 4.74 Å². The highest BCUT2D eigenvalue weighted by atomic mass is 16.6. The van der Waals surface area contributed by atoms with Crippen molar-refractivity contribution in [3.05, 3.63) is 0 Å². The molecule has 1 aliphatic rings. The van der Waals surface area contributed by atoms with E-state index in [9.17, 15) is 4.79 Å². The molecule has 2 atom stereocenters. The largest absolute Gasteiger partial charge is 0.444 e. The van der Waals surface area contributed by atoms with Crippen molar-refractivity contribution in [3.63, 3.8) is 0 Å². The molecule has 2 unspecified atom stereocenters. The first-order valence-corrected chi connectivity index (χ1v) is 5.38. The van der Waals surface area contributed by atoms with Crippen molar-refractivity contribution in [2.24, 2.45) is 5.92 Å². The van der Waals surface area contributed by atoms with Crippen LogP contribution in [0.3, 0.4) is 0 Å². The third-order valence-electron chi connectivity index (χ3n) is 2.56. The Morgan fingerprint density at radius 2 is 2.00 bits per heavy atom. The number of amides is 1. The first-order chi connectivity index (χ1) is 6.38. The third-order valence-corrected chi connectivity index (χ3v) is 2.56. The molecule has 0 aliphatic heterocycles. The zero-order chi connectivity index (χ0) is 10.8. The molecule has 1 rings (SSSR count). The molecule has 1 N–H and O–H groups in total. The molecule has 1 saturated carbocycles. The average Bonchev–Trinajstić information content (AvgIpc) is 2.32. The number of rotatable bonds is 1. The number of carbonyl (C=O) groups excluding carboxylic acids is 1. The van der Waals surface area contributed by atoms with Gasteiger partial charge < -0.3 is 10.1 Å². The monoisotopic (exact) mass is 199 g/mol. The topological polar surface area (TPSA) is 38.3 Å². The molecule has 0 aromatic heterocycles. The molecule has 0 bridgehead atoms. The maximum absolute atomic E-state index is 11.4. The normalized spacial score (nSPS) is 27.4. The minimum Gasteiger partial charge on any atom is -0.444 e. The van der Waals surface area contributed by atoms with Crippen LogP contribution in [0.25, 0.3) is 0 Å². The van der Waals surface area contributed by atoms with Crippen LogP contribution in [0.1, 0.15) is 47.0 Å². The van der Waals surface area contributed by atoms with E-state index in [1.165, 1.54) is 12.8 Å².